The number of nitrogens with zero attached hydrogens (tertiary/aromatic N) is 1. The maximum Gasteiger partial charge on any atom is 0.345 e. The molecular formula is C19H20N2O3. The van der Waals surface area contributed by atoms with Crippen molar-refractivity contribution in [2.45, 2.75) is 33.1 Å². The summed E-state index contributed by atoms with van der Waals surface area (Å²) in [6.45, 7) is 3.82. The van der Waals surface area contributed by atoms with Crippen LogP contribution in [0.2, 0.25) is 0 Å². The summed E-state index contributed by atoms with van der Waals surface area (Å²) in [6.07, 6.45) is 3.61. The number of aromatic amines is 1. The van der Waals surface area contributed by atoms with Gasteiger partial charge < -0.3 is 9.47 Å². The molecule has 1 saturated carbocycles. The van der Waals surface area contributed by atoms with Gasteiger partial charge >= 0.3 is 5.97 Å². The normalized spacial score (nSPS) is 13.1. The molecule has 1 heterocycles. The van der Waals surface area contributed by atoms with E-state index >= 15 is 0 Å². The Balaban J connectivity index is 1.69. The van der Waals surface area contributed by atoms with Crippen LogP contribution in [-0.2, 0) is 4.74 Å². The quantitative estimate of drug-likeness (QED) is 0.670. The standard InChI is InChI=1S/C19H20N2O3/c1-3-23-19(22)17-13(2)20-21-18(17)24-16-11-9-15(10-12-16)6-4-5-14-7-8-14/h9-12,14H,3,5,7-8H2,1-2H3,(H,20,21). The number of rotatable bonds is 5. The summed E-state index contributed by atoms with van der Waals surface area (Å²) >= 11 is 0. The lowest BCUT2D eigenvalue weighted by Crippen LogP contribution is -2.06. The predicted molar refractivity (Wildman–Crippen MR) is 90.0 cm³/mol. The van der Waals surface area contributed by atoms with Crippen LogP contribution >= 0.6 is 0 Å². The van der Waals surface area contributed by atoms with Gasteiger partial charge in [-0.15, -0.1) is 5.10 Å². The first-order chi connectivity index (χ1) is 11.7. The Morgan fingerprint density at radius 2 is 2.08 bits per heavy atom. The molecule has 24 heavy (non-hydrogen) atoms. The molecule has 5 heteroatoms. The molecule has 0 saturated heterocycles. The minimum absolute atomic E-state index is 0.221. The average Bonchev–Trinajstić information content (AvgIpc) is 3.32. The number of esters is 1. The fourth-order valence-electron chi connectivity index (χ4n) is 2.26. The van der Waals surface area contributed by atoms with Crippen molar-refractivity contribution in [3.05, 3.63) is 41.1 Å². The lowest BCUT2D eigenvalue weighted by molar-refractivity contribution is 0.0523. The van der Waals surface area contributed by atoms with Crippen LogP contribution in [0.3, 0.4) is 0 Å². The Morgan fingerprint density at radius 1 is 1.33 bits per heavy atom. The zero-order valence-corrected chi connectivity index (χ0v) is 13.9. The van der Waals surface area contributed by atoms with Gasteiger partial charge in [0.2, 0.25) is 0 Å². The van der Waals surface area contributed by atoms with Crippen molar-refractivity contribution in [1.29, 1.82) is 0 Å². The number of hydrogen-bond acceptors (Lipinski definition) is 4. The van der Waals surface area contributed by atoms with Gasteiger partial charge in [-0.2, -0.15) is 0 Å². The number of nitrogens with one attached hydrogen (secondary N) is 1. The second-order valence-corrected chi connectivity index (χ2v) is 5.82. The average molecular weight is 324 g/mol. The largest absolute Gasteiger partial charge is 0.462 e. The third kappa shape index (κ3) is 3.96. The van der Waals surface area contributed by atoms with Gasteiger partial charge in [-0.3, -0.25) is 5.10 Å². The molecule has 1 aromatic heterocycles. The molecule has 3 rings (SSSR count). The Morgan fingerprint density at radius 3 is 2.75 bits per heavy atom. The Labute approximate surface area is 141 Å². The van der Waals surface area contributed by atoms with E-state index in [0.717, 1.165) is 17.9 Å². The minimum atomic E-state index is -0.443. The van der Waals surface area contributed by atoms with Crippen molar-refractivity contribution < 1.29 is 14.3 Å². The first-order valence-corrected chi connectivity index (χ1v) is 8.16. The van der Waals surface area contributed by atoms with Gasteiger partial charge in [0.1, 0.15) is 11.3 Å². The second kappa shape index (κ2) is 7.22. The van der Waals surface area contributed by atoms with Crippen LogP contribution in [0, 0.1) is 24.7 Å². The molecule has 1 aliphatic rings. The van der Waals surface area contributed by atoms with Crippen molar-refractivity contribution in [3.63, 3.8) is 0 Å². The fourth-order valence-corrected chi connectivity index (χ4v) is 2.26. The highest BCUT2D eigenvalue weighted by molar-refractivity contribution is 5.93. The number of aryl methyl sites for hydroxylation is 1. The summed E-state index contributed by atoms with van der Waals surface area (Å²) in [5.74, 6) is 7.55. The molecule has 1 N–H and O–H groups in total. The number of hydrogen-bond donors (Lipinski definition) is 1. The summed E-state index contributed by atoms with van der Waals surface area (Å²) in [6, 6.07) is 7.44. The van der Waals surface area contributed by atoms with E-state index in [9.17, 15) is 4.79 Å². The Hall–Kier alpha value is -2.74. The second-order valence-electron chi connectivity index (χ2n) is 5.82. The van der Waals surface area contributed by atoms with Crippen LogP contribution < -0.4 is 4.74 Å². The van der Waals surface area contributed by atoms with Crippen molar-refractivity contribution in [3.8, 4) is 23.5 Å². The van der Waals surface area contributed by atoms with Crippen molar-refractivity contribution in [1.82, 2.24) is 10.2 Å². The molecule has 1 fully saturated rings. The molecule has 0 spiro atoms. The zero-order chi connectivity index (χ0) is 16.9. The molecule has 0 unspecified atom stereocenters. The SMILES string of the molecule is CCOC(=O)c1c(Oc2ccc(C#CCC3CC3)cc2)n[nH]c1C. The van der Waals surface area contributed by atoms with Gasteiger partial charge in [-0.1, -0.05) is 11.8 Å². The molecule has 5 nitrogen and oxygen atoms in total. The first-order valence-electron chi connectivity index (χ1n) is 8.16. The van der Waals surface area contributed by atoms with E-state index in [2.05, 4.69) is 22.0 Å². The zero-order valence-electron chi connectivity index (χ0n) is 13.9. The van der Waals surface area contributed by atoms with E-state index < -0.39 is 5.97 Å². The minimum Gasteiger partial charge on any atom is -0.462 e. The molecule has 0 amide bonds. The van der Waals surface area contributed by atoms with Crippen LogP contribution in [-0.4, -0.2) is 22.8 Å². The number of H-pyrrole nitrogens is 1. The molecule has 0 aliphatic heterocycles. The smallest absolute Gasteiger partial charge is 0.345 e. The third-order valence-corrected chi connectivity index (χ3v) is 3.78. The highest BCUT2D eigenvalue weighted by Crippen LogP contribution is 2.31. The van der Waals surface area contributed by atoms with Gasteiger partial charge in [-0.25, -0.2) is 4.79 Å². The number of carbonyl (C=O) groups excluding carboxylic acids is 1. The van der Waals surface area contributed by atoms with Gasteiger partial charge in [0.25, 0.3) is 5.88 Å². The van der Waals surface area contributed by atoms with E-state index in [-0.39, 0.29) is 5.88 Å². The van der Waals surface area contributed by atoms with Crippen LogP contribution in [0.4, 0.5) is 0 Å². The highest BCUT2D eigenvalue weighted by Gasteiger charge is 2.21. The molecule has 2 aromatic rings. The molecule has 0 radical (unpaired) electrons. The van der Waals surface area contributed by atoms with E-state index in [0.29, 0.717) is 23.6 Å². The van der Waals surface area contributed by atoms with Crippen molar-refractivity contribution >= 4 is 5.97 Å². The highest BCUT2D eigenvalue weighted by atomic mass is 16.5. The maximum atomic E-state index is 12.0. The van der Waals surface area contributed by atoms with E-state index in [1.54, 1.807) is 13.8 Å². The van der Waals surface area contributed by atoms with E-state index in [4.69, 9.17) is 9.47 Å². The molecule has 1 aromatic carbocycles. The topological polar surface area (TPSA) is 64.2 Å². The monoisotopic (exact) mass is 324 g/mol. The summed E-state index contributed by atoms with van der Waals surface area (Å²) < 4.78 is 10.8. The fraction of sp³-hybridized carbons (Fsp3) is 0.368. The lowest BCUT2D eigenvalue weighted by Gasteiger charge is -2.05. The van der Waals surface area contributed by atoms with E-state index in [1.165, 1.54) is 12.8 Å². The van der Waals surface area contributed by atoms with Crippen molar-refractivity contribution in [2.75, 3.05) is 6.61 Å². The number of carbonyl (C=O) groups is 1. The number of ether oxygens (including phenoxy) is 2. The summed E-state index contributed by atoms with van der Waals surface area (Å²) in [5, 5.41) is 6.79. The van der Waals surface area contributed by atoms with Crippen LogP contribution in [0.25, 0.3) is 0 Å². The molecule has 124 valence electrons. The Kier molecular flexibility index (Phi) is 4.85. The molecule has 0 bridgehead atoms. The summed E-state index contributed by atoms with van der Waals surface area (Å²) in [5.41, 5.74) is 1.89. The Bertz CT molecular complexity index is 777. The molecular weight excluding hydrogens is 304 g/mol. The van der Waals surface area contributed by atoms with E-state index in [1.807, 2.05) is 24.3 Å². The van der Waals surface area contributed by atoms with Gasteiger partial charge in [0.05, 0.1) is 12.3 Å². The van der Waals surface area contributed by atoms with Gasteiger partial charge in [0, 0.05) is 12.0 Å². The number of benzene rings is 1. The molecule has 1 aliphatic carbocycles. The van der Waals surface area contributed by atoms with Crippen molar-refractivity contribution in [2.24, 2.45) is 5.92 Å². The third-order valence-electron chi connectivity index (χ3n) is 3.78. The van der Waals surface area contributed by atoms with Gasteiger partial charge in [0.15, 0.2) is 0 Å². The number of aromatic nitrogens is 2. The maximum absolute atomic E-state index is 12.0. The van der Waals surface area contributed by atoms with Crippen LogP contribution in [0.5, 0.6) is 11.6 Å². The predicted octanol–water partition coefficient (Wildman–Crippen LogP) is 3.84. The van der Waals surface area contributed by atoms with Crippen LogP contribution in [0.15, 0.2) is 24.3 Å². The lowest BCUT2D eigenvalue weighted by atomic mass is 10.2. The summed E-state index contributed by atoms with van der Waals surface area (Å²) in [4.78, 5) is 12.0. The molecule has 0 atom stereocenters. The summed E-state index contributed by atoms with van der Waals surface area (Å²) in [7, 11) is 0. The first kappa shape index (κ1) is 16.1. The van der Waals surface area contributed by atoms with Gasteiger partial charge in [-0.05, 0) is 56.9 Å². The van der Waals surface area contributed by atoms with Crippen LogP contribution in [0.1, 0.15) is 47.8 Å².